The van der Waals surface area contributed by atoms with Crippen LogP contribution in [0.5, 0.6) is 0 Å². The normalized spacial score (nSPS) is 14.0. The molecule has 0 aromatic heterocycles. The highest BCUT2D eigenvalue weighted by atomic mass is 31.2. The second-order valence-corrected chi connectivity index (χ2v) is 18.2. The molecule has 0 amide bonds. The number of nitrogens with zero attached hydrogens (tertiary/aromatic N) is 1. The van der Waals surface area contributed by atoms with E-state index >= 15 is 0 Å². The third-order valence-electron chi connectivity index (χ3n) is 9.84. The Balaban J connectivity index is 4.34. The van der Waals surface area contributed by atoms with Crippen LogP contribution < -0.4 is 0 Å². The molecule has 0 saturated carbocycles. The van der Waals surface area contributed by atoms with Crippen LogP contribution in [0.15, 0.2) is 48.6 Å². The molecule has 338 valence electrons. The van der Waals surface area contributed by atoms with E-state index in [1.165, 1.54) is 83.5 Å². The summed E-state index contributed by atoms with van der Waals surface area (Å²) < 4.78 is 34.4. The van der Waals surface area contributed by atoms with E-state index in [0.29, 0.717) is 17.4 Å². The van der Waals surface area contributed by atoms with Crippen LogP contribution in [-0.2, 0) is 32.7 Å². The lowest BCUT2D eigenvalue weighted by Gasteiger charge is -2.24. The predicted octanol–water partition coefficient (Wildman–Crippen LogP) is 13.5. The first-order valence-corrected chi connectivity index (χ1v) is 24.9. The van der Waals surface area contributed by atoms with Gasteiger partial charge in [0.25, 0.3) is 0 Å². The van der Waals surface area contributed by atoms with Gasteiger partial charge in [-0.05, 0) is 70.6 Å². The summed E-state index contributed by atoms with van der Waals surface area (Å²) in [6.07, 6.45) is 47.2. The Morgan fingerprint density at radius 1 is 0.552 bits per heavy atom. The summed E-state index contributed by atoms with van der Waals surface area (Å²) in [5.41, 5.74) is 0. The smallest absolute Gasteiger partial charge is 0.462 e. The van der Waals surface area contributed by atoms with Gasteiger partial charge in [0, 0.05) is 12.8 Å². The van der Waals surface area contributed by atoms with Crippen LogP contribution >= 0.6 is 7.82 Å². The molecule has 0 aromatic carbocycles. The Morgan fingerprint density at radius 3 is 1.48 bits per heavy atom. The van der Waals surface area contributed by atoms with Gasteiger partial charge >= 0.3 is 19.8 Å². The summed E-state index contributed by atoms with van der Waals surface area (Å²) in [5.74, 6) is -0.814. The van der Waals surface area contributed by atoms with Crippen molar-refractivity contribution >= 4 is 19.8 Å². The van der Waals surface area contributed by atoms with Crippen LogP contribution in [0, 0.1) is 0 Å². The maximum atomic E-state index is 12.7. The number of unbranched alkanes of at least 4 members (excludes halogenated alkanes) is 20. The van der Waals surface area contributed by atoms with Gasteiger partial charge in [0.05, 0.1) is 27.7 Å². The number of phosphoric ester groups is 1. The van der Waals surface area contributed by atoms with Crippen molar-refractivity contribution < 1.29 is 42.1 Å². The number of esters is 2. The van der Waals surface area contributed by atoms with Crippen molar-refractivity contribution in [2.45, 2.75) is 200 Å². The van der Waals surface area contributed by atoms with Crippen molar-refractivity contribution in [2.24, 2.45) is 0 Å². The molecule has 58 heavy (non-hydrogen) atoms. The highest BCUT2D eigenvalue weighted by Crippen LogP contribution is 2.43. The minimum absolute atomic E-state index is 0.0277. The molecule has 2 atom stereocenters. The Morgan fingerprint density at radius 2 is 0.983 bits per heavy atom. The zero-order valence-electron chi connectivity index (χ0n) is 38.0. The van der Waals surface area contributed by atoms with Crippen LogP contribution in [0.3, 0.4) is 0 Å². The maximum absolute atomic E-state index is 12.7. The van der Waals surface area contributed by atoms with Gasteiger partial charge in [0.1, 0.15) is 19.8 Å². The van der Waals surface area contributed by atoms with Gasteiger partial charge in [-0.1, -0.05) is 159 Å². The lowest BCUT2D eigenvalue weighted by Crippen LogP contribution is -2.37. The van der Waals surface area contributed by atoms with Crippen LogP contribution in [0.2, 0.25) is 0 Å². The molecular formula is C48H89NO8P+. The summed E-state index contributed by atoms with van der Waals surface area (Å²) in [6.45, 7) is 4.30. The molecule has 9 nitrogen and oxygen atoms in total. The zero-order chi connectivity index (χ0) is 42.8. The average Bonchev–Trinajstić information content (AvgIpc) is 3.17. The summed E-state index contributed by atoms with van der Waals surface area (Å²) in [6, 6.07) is 0. The molecule has 0 aromatic rings. The molecule has 2 unspecified atom stereocenters. The standard InChI is InChI=1S/C48H88NO8P/c1-6-8-10-12-14-16-18-20-22-24-26-28-30-32-34-36-38-40-47(50)54-44-46(45-56-58(52,53)55-43-42-49(3,4)5)57-48(51)41-39-37-35-33-31-29-27-25-23-21-19-17-15-13-11-9-7-2/h9,11,15,17,20-23,46H,6-8,10,12-14,16,18-19,24-45H2,1-5H3/p+1/b11-9-,17-15-,22-20-,23-21-. The number of quaternary nitrogens is 1. The number of carbonyl (C=O) groups excluding carboxylic acids is 2. The number of allylic oxidation sites excluding steroid dienone is 8. The number of carbonyl (C=O) groups is 2. The van der Waals surface area contributed by atoms with Crippen molar-refractivity contribution in [3.05, 3.63) is 48.6 Å². The second kappa shape index (κ2) is 40.4. The first-order chi connectivity index (χ1) is 28.0. The van der Waals surface area contributed by atoms with Gasteiger partial charge in [-0.2, -0.15) is 0 Å². The molecule has 0 aliphatic rings. The van der Waals surface area contributed by atoms with E-state index in [-0.39, 0.29) is 32.0 Å². The van der Waals surface area contributed by atoms with E-state index in [2.05, 4.69) is 62.5 Å². The van der Waals surface area contributed by atoms with Gasteiger partial charge in [-0.25, -0.2) is 4.57 Å². The van der Waals surface area contributed by atoms with Crippen LogP contribution in [0.4, 0.5) is 0 Å². The SMILES string of the molecule is CC/C=C\C/C=C\C/C=C\CCCCCCCCCC(=O)OC(COC(=O)CCCCCCCCC/C=C\CCCCCCCC)COP(=O)(O)OCC[N+](C)(C)C. The number of likely N-dealkylation sites (N-methyl/N-ethyl adjacent to an activating group) is 1. The number of ether oxygens (including phenoxy) is 2. The third kappa shape index (κ3) is 43.5. The lowest BCUT2D eigenvalue weighted by atomic mass is 10.1. The Labute approximate surface area is 356 Å². The van der Waals surface area contributed by atoms with Crippen LogP contribution in [0.25, 0.3) is 0 Å². The van der Waals surface area contributed by atoms with Crippen LogP contribution in [-0.4, -0.2) is 74.9 Å². The molecule has 0 bridgehead atoms. The molecule has 0 saturated heterocycles. The number of phosphoric acid groups is 1. The fraction of sp³-hybridized carbons (Fsp3) is 0.792. The molecule has 1 N–H and O–H groups in total. The maximum Gasteiger partial charge on any atom is 0.472 e. The van der Waals surface area contributed by atoms with E-state index in [1.807, 2.05) is 21.1 Å². The first kappa shape index (κ1) is 56.0. The Hall–Kier alpha value is -2.03. The monoisotopic (exact) mass is 839 g/mol. The summed E-state index contributed by atoms with van der Waals surface area (Å²) >= 11 is 0. The molecule has 0 rings (SSSR count). The van der Waals surface area contributed by atoms with E-state index in [1.54, 1.807) is 0 Å². The largest absolute Gasteiger partial charge is 0.472 e. The van der Waals surface area contributed by atoms with Gasteiger partial charge in [-0.3, -0.25) is 18.6 Å². The molecular weight excluding hydrogens is 750 g/mol. The minimum Gasteiger partial charge on any atom is -0.462 e. The fourth-order valence-corrected chi connectivity index (χ4v) is 6.94. The minimum atomic E-state index is -4.38. The van der Waals surface area contributed by atoms with E-state index in [0.717, 1.165) is 77.0 Å². The first-order valence-electron chi connectivity index (χ1n) is 23.4. The molecule has 0 radical (unpaired) electrons. The summed E-state index contributed by atoms with van der Waals surface area (Å²) in [5, 5.41) is 0. The van der Waals surface area contributed by atoms with Gasteiger partial charge < -0.3 is 18.9 Å². The molecule has 0 heterocycles. The number of hydrogen-bond donors (Lipinski definition) is 1. The highest BCUT2D eigenvalue weighted by molar-refractivity contribution is 7.47. The van der Waals surface area contributed by atoms with Crippen molar-refractivity contribution in [2.75, 3.05) is 47.5 Å². The van der Waals surface area contributed by atoms with Crippen molar-refractivity contribution in [1.82, 2.24) is 0 Å². The van der Waals surface area contributed by atoms with Gasteiger partial charge in [0.15, 0.2) is 6.10 Å². The van der Waals surface area contributed by atoms with Crippen LogP contribution in [0.1, 0.15) is 194 Å². The fourth-order valence-electron chi connectivity index (χ4n) is 6.20. The van der Waals surface area contributed by atoms with Crippen molar-refractivity contribution in [3.63, 3.8) is 0 Å². The summed E-state index contributed by atoms with van der Waals surface area (Å²) in [4.78, 5) is 35.4. The molecule has 10 heteroatoms. The summed E-state index contributed by atoms with van der Waals surface area (Å²) in [7, 11) is 1.46. The predicted molar refractivity (Wildman–Crippen MR) is 243 cm³/mol. The third-order valence-corrected chi connectivity index (χ3v) is 10.8. The van der Waals surface area contributed by atoms with E-state index in [4.69, 9.17) is 18.5 Å². The number of rotatable bonds is 42. The zero-order valence-corrected chi connectivity index (χ0v) is 38.9. The average molecular weight is 839 g/mol. The van der Waals surface area contributed by atoms with Crippen molar-refractivity contribution in [1.29, 1.82) is 0 Å². The number of hydrogen-bond acceptors (Lipinski definition) is 7. The topological polar surface area (TPSA) is 108 Å². The quantitative estimate of drug-likeness (QED) is 0.0213. The van der Waals surface area contributed by atoms with Gasteiger partial charge in [0.2, 0.25) is 0 Å². The highest BCUT2D eigenvalue weighted by Gasteiger charge is 2.27. The molecule has 0 aliphatic carbocycles. The lowest BCUT2D eigenvalue weighted by molar-refractivity contribution is -0.870. The Kier molecular flexibility index (Phi) is 39.0. The van der Waals surface area contributed by atoms with E-state index < -0.39 is 26.5 Å². The molecule has 0 fully saturated rings. The second-order valence-electron chi connectivity index (χ2n) is 16.8. The molecule has 0 spiro atoms. The van der Waals surface area contributed by atoms with Crippen molar-refractivity contribution in [3.8, 4) is 0 Å². The van der Waals surface area contributed by atoms with Gasteiger partial charge in [-0.15, -0.1) is 0 Å². The Bertz CT molecular complexity index is 1130. The molecule has 0 aliphatic heterocycles. The van der Waals surface area contributed by atoms with E-state index in [9.17, 15) is 19.0 Å².